The first kappa shape index (κ1) is 11.6. The van der Waals surface area contributed by atoms with Gasteiger partial charge in [0.15, 0.2) is 0 Å². The van der Waals surface area contributed by atoms with Crippen molar-refractivity contribution in [1.29, 1.82) is 0 Å². The molecule has 1 rings (SSSR count). The Morgan fingerprint density at radius 3 is 2.50 bits per heavy atom. The molecule has 2 nitrogen and oxygen atoms in total. The lowest BCUT2D eigenvalue weighted by molar-refractivity contribution is -0.128. The number of halogens is 4. The number of aromatic nitrogens is 2. The van der Waals surface area contributed by atoms with Crippen molar-refractivity contribution in [3.63, 3.8) is 0 Å². The molecule has 0 bridgehead atoms. The number of hydrogen-bond acceptors (Lipinski definition) is 2. The predicted octanol–water partition coefficient (Wildman–Crippen LogP) is 3.31. The van der Waals surface area contributed by atoms with Crippen molar-refractivity contribution in [1.82, 2.24) is 9.97 Å². The van der Waals surface area contributed by atoms with Crippen LogP contribution in [0.2, 0.25) is 0 Å². The van der Waals surface area contributed by atoms with Gasteiger partial charge in [0, 0.05) is 5.69 Å². The second-order valence-electron chi connectivity index (χ2n) is 2.72. The summed E-state index contributed by atoms with van der Waals surface area (Å²) in [6.07, 6.45) is -5.36. The minimum Gasteiger partial charge on any atom is -0.346 e. The minimum absolute atomic E-state index is 0.139. The van der Waals surface area contributed by atoms with Gasteiger partial charge in [-0.1, -0.05) is 12.2 Å². The Morgan fingerprint density at radius 2 is 2.07 bits per heavy atom. The fraction of sp³-hybridized carbons (Fsp3) is 0.429. The number of nitrogens with one attached hydrogen (secondary N) is 1. The summed E-state index contributed by atoms with van der Waals surface area (Å²) >= 11 is 7.89. The average molecular weight is 287 g/mol. The summed E-state index contributed by atoms with van der Waals surface area (Å²) in [6, 6.07) is 0. The van der Waals surface area contributed by atoms with E-state index in [0.717, 1.165) is 0 Å². The highest BCUT2D eigenvalue weighted by Gasteiger charge is 2.29. The van der Waals surface area contributed by atoms with Crippen molar-refractivity contribution in [2.45, 2.75) is 19.5 Å². The lowest BCUT2D eigenvalue weighted by Crippen LogP contribution is -2.14. The zero-order valence-corrected chi connectivity index (χ0v) is 9.48. The number of aryl methyl sites for hydroxylation is 1. The summed E-state index contributed by atoms with van der Waals surface area (Å²) in [5.41, 5.74) is 0.546. The van der Waals surface area contributed by atoms with Gasteiger partial charge in [0.05, 0.1) is 4.47 Å². The maximum Gasteiger partial charge on any atom is 0.396 e. The van der Waals surface area contributed by atoms with Crippen LogP contribution in [0.1, 0.15) is 11.5 Å². The van der Waals surface area contributed by atoms with Crippen molar-refractivity contribution in [3.8, 4) is 0 Å². The summed E-state index contributed by atoms with van der Waals surface area (Å²) in [4.78, 5) is 6.14. The number of hydrogen-bond donors (Lipinski definition) is 1. The first-order valence-corrected chi connectivity index (χ1v) is 4.82. The Bertz CT molecular complexity index is 399. The quantitative estimate of drug-likeness (QED) is 0.803. The van der Waals surface area contributed by atoms with E-state index in [4.69, 9.17) is 12.2 Å². The normalized spacial score (nSPS) is 11.8. The smallest absolute Gasteiger partial charge is 0.346 e. The molecule has 0 saturated heterocycles. The number of H-pyrrole nitrogens is 1. The van der Waals surface area contributed by atoms with E-state index < -0.39 is 12.6 Å². The van der Waals surface area contributed by atoms with E-state index in [2.05, 4.69) is 25.9 Å². The Kier molecular flexibility index (Phi) is 3.31. The molecule has 0 spiro atoms. The molecule has 0 aliphatic rings. The van der Waals surface area contributed by atoms with E-state index in [1.165, 1.54) is 0 Å². The molecule has 1 aromatic rings. The molecule has 14 heavy (non-hydrogen) atoms. The molecule has 0 unspecified atom stereocenters. The third kappa shape index (κ3) is 3.06. The summed E-state index contributed by atoms with van der Waals surface area (Å²) < 4.78 is 36.7. The van der Waals surface area contributed by atoms with E-state index in [1.54, 1.807) is 6.92 Å². The van der Waals surface area contributed by atoms with Crippen molar-refractivity contribution in [3.05, 3.63) is 20.6 Å². The van der Waals surface area contributed by atoms with Gasteiger partial charge in [-0.25, -0.2) is 4.98 Å². The van der Waals surface area contributed by atoms with Gasteiger partial charge in [-0.3, -0.25) is 0 Å². The van der Waals surface area contributed by atoms with E-state index in [-0.39, 0.29) is 10.5 Å². The second kappa shape index (κ2) is 3.98. The first-order chi connectivity index (χ1) is 6.29. The average Bonchev–Trinajstić information content (AvgIpc) is 1.96. The van der Waals surface area contributed by atoms with Gasteiger partial charge >= 0.3 is 6.18 Å². The van der Waals surface area contributed by atoms with E-state index in [9.17, 15) is 13.2 Å². The zero-order chi connectivity index (χ0) is 10.9. The molecular formula is C7H6BrF3N2S. The van der Waals surface area contributed by atoms with E-state index in [1.807, 2.05) is 0 Å². The standard InChI is InChI=1S/C7H6BrF3N2S/c1-3-5(8)6(14)13-4(12-3)2-7(9,10)11/h2H2,1H3,(H,12,13,14). The van der Waals surface area contributed by atoms with Crippen LogP contribution < -0.4 is 0 Å². The summed E-state index contributed by atoms with van der Waals surface area (Å²) in [7, 11) is 0. The van der Waals surface area contributed by atoms with Crippen molar-refractivity contribution in [2.24, 2.45) is 0 Å². The van der Waals surface area contributed by atoms with Crippen LogP contribution in [0.3, 0.4) is 0 Å². The molecule has 1 aromatic heterocycles. The molecular weight excluding hydrogens is 281 g/mol. The number of aromatic amines is 1. The minimum atomic E-state index is -4.27. The SMILES string of the molecule is Cc1[nH]c(CC(F)(F)F)nc(=S)c1Br. The Labute approximate surface area is 91.7 Å². The maximum atomic E-state index is 12.0. The van der Waals surface area contributed by atoms with Crippen molar-refractivity contribution in [2.75, 3.05) is 0 Å². The number of rotatable bonds is 1. The monoisotopic (exact) mass is 286 g/mol. The third-order valence-corrected chi connectivity index (χ3v) is 2.98. The van der Waals surface area contributed by atoms with Crippen LogP contribution in [-0.2, 0) is 6.42 Å². The van der Waals surface area contributed by atoms with Crippen molar-refractivity contribution >= 4 is 28.1 Å². The molecule has 0 radical (unpaired) electrons. The second-order valence-corrected chi connectivity index (χ2v) is 3.90. The van der Waals surface area contributed by atoms with Crippen LogP contribution in [0.25, 0.3) is 0 Å². The topological polar surface area (TPSA) is 28.7 Å². The van der Waals surface area contributed by atoms with Gasteiger partial charge in [0.1, 0.15) is 16.9 Å². The highest BCUT2D eigenvalue weighted by atomic mass is 79.9. The van der Waals surface area contributed by atoms with Crippen molar-refractivity contribution < 1.29 is 13.2 Å². The van der Waals surface area contributed by atoms with E-state index in [0.29, 0.717) is 10.2 Å². The van der Waals surface area contributed by atoms with Gasteiger partial charge in [0.25, 0.3) is 0 Å². The maximum absolute atomic E-state index is 12.0. The van der Waals surface area contributed by atoms with Gasteiger partial charge in [-0.2, -0.15) is 13.2 Å². The highest BCUT2D eigenvalue weighted by Crippen LogP contribution is 2.21. The largest absolute Gasteiger partial charge is 0.396 e. The molecule has 1 heterocycles. The van der Waals surface area contributed by atoms with Crippen LogP contribution in [0.5, 0.6) is 0 Å². The molecule has 0 aromatic carbocycles. The van der Waals surface area contributed by atoms with Crippen LogP contribution in [-0.4, -0.2) is 16.1 Å². The van der Waals surface area contributed by atoms with Gasteiger partial charge in [-0.05, 0) is 22.9 Å². The fourth-order valence-corrected chi connectivity index (χ4v) is 1.36. The van der Waals surface area contributed by atoms with E-state index >= 15 is 0 Å². The zero-order valence-electron chi connectivity index (χ0n) is 7.07. The fourth-order valence-electron chi connectivity index (χ4n) is 0.905. The van der Waals surface area contributed by atoms with Gasteiger partial charge in [0.2, 0.25) is 0 Å². The molecule has 0 aliphatic carbocycles. The number of alkyl halides is 3. The number of nitrogens with zero attached hydrogens (tertiary/aromatic N) is 1. The lowest BCUT2D eigenvalue weighted by Gasteiger charge is -2.07. The molecule has 0 aliphatic heterocycles. The summed E-state index contributed by atoms with van der Waals surface area (Å²) in [6.45, 7) is 1.63. The lowest BCUT2D eigenvalue weighted by atomic mass is 10.3. The molecule has 0 amide bonds. The van der Waals surface area contributed by atoms with Gasteiger partial charge in [-0.15, -0.1) is 0 Å². The molecule has 0 fully saturated rings. The summed E-state index contributed by atoms with van der Waals surface area (Å²) in [5, 5.41) is 0. The summed E-state index contributed by atoms with van der Waals surface area (Å²) in [5.74, 6) is -0.164. The Hall–Kier alpha value is -0.430. The molecule has 7 heteroatoms. The first-order valence-electron chi connectivity index (χ1n) is 3.61. The van der Waals surface area contributed by atoms with Gasteiger partial charge < -0.3 is 4.98 Å². The molecule has 0 atom stereocenters. The Balaban J connectivity index is 3.08. The Morgan fingerprint density at radius 1 is 1.50 bits per heavy atom. The van der Waals surface area contributed by atoms with Crippen LogP contribution >= 0.6 is 28.1 Å². The molecule has 1 N–H and O–H groups in total. The molecule has 78 valence electrons. The molecule has 0 saturated carbocycles. The third-order valence-electron chi connectivity index (χ3n) is 1.45. The van der Waals surface area contributed by atoms with Crippen LogP contribution in [0.4, 0.5) is 13.2 Å². The predicted molar refractivity (Wildman–Crippen MR) is 51.6 cm³/mol. The highest BCUT2D eigenvalue weighted by molar-refractivity contribution is 9.10. The van der Waals surface area contributed by atoms with Crippen LogP contribution in [0, 0.1) is 11.6 Å². The van der Waals surface area contributed by atoms with Crippen LogP contribution in [0.15, 0.2) is 4.47 Å².